The van der Waals surface area contributed by atoms with Gasteiger partial charge in [0.15, 0.2) is 0 Å². The Morgan fingerprint density at radius 3 is 1.26 bits per heavy atom. The first kappa shape index (κ1) is 23.9. The van der Waals surface area contributed by atoms with Crippen molar-refractivity contribution in [3.63, 3.8) is 0 Å². The number of hydrogen-bond acceptors (Lipinski definition) is 2. The van der Waals surface area contributed by atoms with Gasteiger partial charge in [-0.2, -0.15) is 9.34 Å². The Balaban J connectivity index is 0.000000684. The van der Waals surface area contributed by atoms with E-state index in [0.29, 0.717) is 0 Å². The van der Waals surface area contributed by atoms with Crippen molar-refractivity contribution in [2.45, 2.75) is 91.1 Å². The summed E-state index contributed by atoms with van der Waals surface area (Å²) in [6.07, 6.45) is 13.0. The maximum absolute atomic E-state index is 7.00. The van der Waals surface area contributed by atoms with E-state index in [2.05, 4.69) is 37.0 Å². The summed E-state index contributed by atoms with van der Waals surface area (Å²) in [7, 11) is 5.43. The molecule has 2 aliphatic rings. The maximum Gasteiger partial charge on any atom is 0.409 e. The molecule has 0 aromatic carbocycles. The molecule has 0 spiro atoms. The van der Waals surface area contributed by atoms with Crippen LogP contribution >= 0.6 is 7.44 Å². The van der Waals surface area contributed by atoms with Crippen LogP contribution in [0.3, 0.4) is 0 Å². The molecule has 0 atom stereocenters. The third-order valence-electron chi connectivity index (χ3n) is 5.48. The maximum atomic E-state index is 7.00. The minimum Gasteiger partial charge on any atom is -0.181 e. The van der Waals surface area contributed by atoms with E-state index < -0.39 is 7.44 Å². The van der Waals surface area contributed by atoms with Crippen molar-refractivity contribution in [3.8, 4) is 0 Å². The summed E-state index contributed by atoms with van der Waals surface area (Å²) < 4.78 is 5.13. The monoisotopic (exact) mass is 381 g/mol. The van der Waals surface area contributed by atoms with Gasteiger partial charge in [0.2, 0.25) is 0 Å². The smallest absolute Gasteiger partial charge is 0.181 e. The van der Waals surface area contributed by atoms with Crippen LogP contribution in [-0.2, 0) is 17.1 Å². The molecule has 2 nitrogen and oxygen atoms in total. The molecule has 0 amide bonds. The van der Waals surface area contributed by atoms with Gasteiger partial charge in [-0.1, -0.05) is 32.1 Å². The van der Waals surface area contributed by atoms with Gasteiger partial charge in [0.25, 0.3) is 0 Å². The quantitative estimate of drug-likeness (QED) is 0.425. The molecule has 0 heterocycles. The van der Waals surface area contributed by atoms with Crippen molar-refractivity contribution in [1.82, 2.24) is 9.34 Å². The van der Waals surface area contributed by atoms with Crippen LogP contribution in [0.5, 0.6) is 0 Å². The van der Waals surface area contributed by atoms with Gasteiger partial charge in [-0.05, 0) is 53.4 Å². The van der Waals surface area contributed by atoms with Gasteiger partial charge in [0.1, 0.15) is 0 Å². The van der Waals surface area contributed by atoms with Crippen LogP contribution in [0.15, 0.2) is 0 Å². The Hall–Kier alpha value is 0.934. The predicted octanol–water partition coefficient (Wildman–Crippen LogP) is 5.49. The zero-order valence-electron chi connectivity index (χ0n) is 16.0. The molecule has 0 aromatic rings. The molecular formula is C18H39BFeN2P+. The first-order chi connectivity index (χ1) is 10.6. The number of nitrogens with zero attached hydrogens (tertiary/aromatic N) is 2. The van der Waals surface area contributed by atoms with E-state index in [1.54, 1.807) is 0 Å². The van der Waals surface area contributed by atoms with E-state index in [1.807, 2.05) is 0 Å². The summed E-state index contributed by atoms with van der Waals surface area (Å²) in [6, 6.07) is 0. The molecule has 2 radical (unpaired) electrons. The largest absolute Gasteiger partial charge is 0.409 e. The van der Waals surface area contributed by atoms with Crippen LogP contribution in [-0.4, -0.2) is 48.7 Å². The van der Waals surface area contributed by atoms with Crippen LogP contribution in [0, 0.1) is 0 Å². The molecule has 0 N–H and O–H groups in total. The van der Waals surface area contributed by atoms with Gasteiger partial charge in [-0.15, -0.1) is 0 Å². The van der Waals surface area contributed by atoms with Gasteiger partial charge in [-0.3, -0.25) is 0 Å². The fourth-order valence-corrected chi connectivity index (χ4v) is 8.38. The Labute approximate surface area is 158 Å². The van der Waals surface area contributed by atoms with Crippen molar-refractivity contribution in [3.05, 3.63) is 0 Å². The number of hydrogen-bond donors (Lipinski definition) is 0. The second-order valence-electron chi connectivity index (χ2n) is 6.68. The van der Waals surface area contributed by atoms with E-state index in [9.17, 15) is 0 Å². The average Bonchev–Trinajstić information content (AvgIpc) is 3.26. The molecule has 0 bridgehead atoms. The third-order valence-corrected chi connectivity index (χ3v) is 10.0. The Bertz CT molecular complexity index is 251. The van der Waals surface area contributed by atoms with Gasteiger partial charge in [0.05, 0.1) is 13.1 Å². The van der Waals surface area contributed by atoms with Crippen LogP contribution in [0.1, 0.15) is 85.5 Å². The molecule has 136 valence electrons. The zero-order chi connectivity index (χ0) is 16.4. The Morgan fingerprint density at radius 1 is 0.696 bits per heavy atom. The summed E-state index contributed by atoms with van der Waals surface area (Å²) in [5.41, 5.74) is 0.752. The molecule has 2 saturated carbocycles. The fourth-order valence-electron chi connectivity index (χ4n) is 4.16. The first-order valence-corrected chi connectivity index (χ1v) is 11.7. The van der Waals surface area contributed by atoms with E-state index in [-0.39, 0.29) is 17.1 Å². The van der Waals surface area contributed by atoms with Crippen LogP contribution in [0.4, 0.5) is 0 Å². The predicted molar refractivity (Wildman–Crippen MR) is 104 cm³/mol. The summed E-state index contributed by atoms with van der Waals surface area (Å²) in [5, 5.41) is 0. The molecule has 23 heavy (non-hydrogen) atoms. The molecule has 0 unspecified atom stereocenters. The molecule has 2 fully saturated rings. The van der Waals surface area contributed by atoms with Crippen molar-refractivity contribution in [1.29, 1.82) is 0 Å². The normalized spacial score (nSPS) is 18.9. The van der Waals surface area contributed by atoms with Gasteiger partial charge in [-0.25, -0.2) is 0 Å². The summed E-state index contributed by atoms with van der Waals surface area (Å²) >= 11 is 0. The van der Waals surface area contributed by atoms with Crippen molar-refractivity contribution >= 4 is 15.0 Å². The van der Waals surface area contributed by atoms with Gasteiger partial charge < -0.3 is 0 Å². The van der Waals surface area contributed by atoms with Gasteiger partial charge >= 0.3 is 7.57 Å². The second kappa shape index (κ2) is 13.2. The van der Waals surface area contributed by atoms with Crippen LogP contribution < -0.4 is 0 Å². The van der Waals surface area contributed by atoms with E-state index in [1.165, 1.54) is 57.8 Å². The Kier molecular flexibility index (Phi) is 13.7. The average molecular weight is 381 g/mol. The summed E-state index contributed by atoms with van der Waals surface area (Å²) in [4.78, 5) is 0. The minimum absolute atomic E-state index is 0. The van der Waals surface area contributed by atoms with E-state index in [0.717, 1.165) is 31.8 Å². The second-order valence-corrected chi connectivity index (χ2v) is 9.95. The molecule has 0 aromatic heterocycles. The van der Waals surface area contributed by atoms with E-state index >= 15 is 0 Å². The van der Waals surface area contributed by atoms with Crippen LogP contribution in [0.2, 0.25) is 0 Å². The molecule has 5 heteroatoms. The van der Waals surface area contributed by atoms with Crippen molar-refractivity contribution in [2.24, 2.45) is 0 Å². The topological polar surface area (TPSA) is 6.48 Å². The fraction of sp³-hybridized carbons (Fsp3) is 1.00. The summed E-state index contributed by atoms with van der Waals surface area (Å²) in [5.74, 6) is 0. The SMILES string of the molecule is C1CCCC1.[B][P+](C1CCCC1)(N(CC)CC)N(CC)CC.[Fe]. The molecule has 2 aliphatic carbocycles. The van der Waals surface area contributed by atoms with Crippen LogP contribution in [0.25, 0.3) is 0 Å². The molecule has 0 aliphatic heterocycles. The van der Waals surface area contributed by atoms with E-state index in [4.69, 9.17) is 7.57 Å². The summed E-state index contributed by atoms with van der Waals surface area (Å²) in [6.45, 7) is 13.4. The first-order valence-electron chi connectivity index (χ1n) is 9.83. The standard InChI is InChI=1S/C13H29BN2P.C5H10.Fe/c1-5-15(6-2)17(14,16(7-3)8-4)13-11-9-10-12-13;1-2-4-5-3-1;/h13H,5-12H2,1-4H3;1-5H2;/q+1;;. The number of rotatable bonds is 7. The molecular weight excluding hydrogens is 342 g/mol. The third kappa shape index (κ3) is 6.63. The van der Waals surface area contributed by atoms with Gasteiger partial charge in [0, 0.05) is 43.2 Å². The Morgan fingerprint density at radius 2 is 1.00 bits per heavy atom. The minimum atomic E-state index is -1.57. The van der Waals surface area contributed by atoms with Crippen molar-refractivity contribution < 1.29 is 17.1 Å². The molecule has 2 rings (SSSR count). The van der Waals surface area contributed by atoms with Crippen molar-refractivity contribution in [2.75, 3.05) is 26.2 Å². The molecule has 0 saturated heterocycles. The zero-order valence-corrected chi connectivity index (χ0v) is 18.0.